The van der Waals surface area contributed by atoms with Crippen LogP contribution in [0, 0.1) is 0 Å². The molecule has 2 amide bonds. The number of rotatable bonds is 13. The molecule has 1 N–H and O–H groups in total. The second kappa shape index (κ2) is 13.5. The van der Waals surface area contributed by atoms with Crippen LogP contribution in [0.2, 0.25) is 5.02 Å². The van der Waals surface area contributed by atoms with Crippen LogP contribution in [0.3, 0.4) is 0 Å². The summed E-state index contributed by atoms with van der Waals surface area (Å²) in [5.74, 6) is 1.50. The van der Waals surface area contributed by atoms with Crippen molar-refractivity contribution in [3.63, 3.8) is 0 Å². The fourth-order valence-electron chi connectivity index (χ4n) is 2.99. The lowest BCUT2D eigenvalue weighted by Crippen LogP contribution is -2.34. The monoisotopic (exact) mass is 462 g/mol. The van der Waals surface area contributed by atoms with Crippen LogP contribution < -0.4 is 19.5 Å². The van der Waals surface area contributed by atoms with Gasteiger partial charge in [0.2, 0.25) is 5.91 Å². The third-order valence-electron chi connectivity index (χ3n) is 4.64. The summed E-state index contributed by atoms with van der Waals surface area (Å²) in [5, 5.41) is 3.13. The Morgan fingerprint density at radius 1 is 0.938 bits per heavy atom. The second-order valence-corrected chi connectivity index (χ2v) is 7.29. The summed E-state index contributed by atoms with van der Waals surface area (Å²) in [6, 6.07) is 12.4. The van der Waals surface area contributed by atoms with Crippen molar-refractivity contribution in [1.82, 2.24) is 4.90 Å². The molecule has 2 aromatic rings. The standard InChI is InChI=1S/C24H31ClN2O5/c1-4-27(5-2)24(29)17-32-20-14-13-18(16-19(20)25)26-23(28)12-9-15-31-22-11-8-7-10-21(22)30-6-3/h7-8,10-11,13-14,16H,4-6,9,12,15,17H2,1-3H3,(H,26,28). The normalized spacial score (nSPS) is 10.4. The maximum Gasteiger partial charge on any atom is 0.260 e. The van der Waals surface area contributed by atoms with E-state index in [1.165, 1.54) is 0 Å². The molecule has 0 saturated heterocycles. The summed E-state index contributed by atoms with van der Waals surface area (Å²) in [6.45, 7) is 7.86. The van der Waals surface area contributed by atoms with Gasteiger partial charge in [0.25, 0.3) is 5.91 Å². The molecule has 0 heterocycles. The lowest BCUT2D eigenvalue weighted by Gasteiger charge is -2.19. The number of likely N-dealkylation sites (N-methyl/N-ethyl adjacent to an activating group) is 1. The van der Waals surface area contributed by atoms with E-state index in [9.17, 15) is 9.59 Å². The molecule has 0 aromatic heterocycles. The Labute approximate surface area is 194 Å². The summed E-state index contributed by atoms with van der Waals surface area (Å²) in [4.78, 5) is 26.0. The van der Waals surface area contributed by atoms with Crippen molar-refractivity contribution >= 4 is 29.1 Å². The molecule has 2 aromatic carbocycles. The molecule has 0 bridgehead atoms. The van der Waals surface area contributed by atoms with Crippen molar-refractivity contribution in [3.05, 3.63) is 47.5 Å². The van der Waals surface area contributed by atoms with Gasteiger partial charge in [-0.05, 0) is 57.5 Å². The van der Waals surface area contributed by atoms with Crippen molar-refractivity contribution < 1.29 is 23.8 Å². The molecule has 0 unspecified atom stereocenters. The molecule has 0 aliphatic heterocycles. The molecule has 0 aliphatic rings. The first-order valence-electron chi connectivity index (χ1n) is 10.8. The Morgan fingerprint density at radius 3 is 2.25 bits per heavy atom. The average molecular weight is 463 g/mol. The highest BCUT2D eigenvalue weighted by Crippen LogP contribution is 2.28. The first-order chi connectivity index (χ1) is 15.5. The number of amides is 2. The Morgan fingerprint density at radius 2 is 1.62 bits per heavy atom. The van der Waals surface area contributed by atoms with Gasteiger partial charge in [-0.15, -0.1) is 0 Å². The van der Waals surface area contributed by atoms with E-state index in [0.717, 1.165) is 0 Å². The number of anilines is 1. The molecule has 7 nitrogen and oxygen atoms in total. The van der Waals surface area contributed by atoms with E-state index >= 15 is 0 Å². The van der Waals surface area contributed by atoms with E-state index in [2.05, 4.69) is 5.32 Å². The van der Waals surface area contributed by atoms with Crippen LogP contribution in [0.5, 0.6) is 17.2 Å². The lowest BCUT2D eigenvalue weighted by atomic mass is 10.2. The Kier molecular flexibility index (Phi) is 10.7. The molecule has 0 saturated carbocycles. The SMILES string of the molecule is CCOc1ccccc1OCCCC(=O)Nc1ccc(OCC(=O)N(CC)CC)c(Cl)c1. The van der Waals surface area contributed by atoms with Gasteiger partial charge in [-0.25, -0.2) is 0 Å². The smallest absolute Gasteiger partial charge is 0.260 e. The summed E-state index contributed by atoms with van der Waals surface area (Å²) >= 11 is 6.25. The molecule has 0 radical (unpaired) electrons. The quantitative estimate of drug-likeness (QED) is 0.433. The lowest BCUT2D eigenvalue weighted by molar-refractivity contribution is -0.133. The maximum atomic E-state index is 12.2. The topological polar surface area (TPSA) is 77.1 Å². The first-order valence-corrected chi connectivity index (χ1v) is 11.2. The molecule has 2 rings (SSSR count). The summed E-state index contributed by atoms with van der Waals surface area (Å²) in [6.07, 6.45) is 0.847. The van der Waals surface area contributed by atoms with Gasteiger partial charge in [-0.2, -0.15) is 0 Å². The Bertz CT molecular complexity index is 886. The Balaban J connectivity index is 1.77. The van der Waals surface area contributed by atoms with Gasteiger partial charge in [0.15, 0.2) is 18.1 Å². The number of carbonyl (C=O) groups excluding carboxylic acids is 2. The highest BCUT2D eigenvalue weighted by atomic mass is 35.5. The van der Waals surface area contributed by atoms with Crippen molar-refractivity contribution in [2.45, 2.75) is 33.6 Å². The predicted octanol–water partition coefficient (Wildman–Crippen LogP) is 4.78. The van der Waals surface area contributed by atoms with Gasteiger partial charge in [0.05, 0.1) is 18.2 Å². The molecule has 174 valence electrons. The Hall–Kier alpha value is -2.93. The number of halogens is 1. The number of nitrogens with zero attached hydrogens (tertiary/aromatic N) is 1. The van der Waals surface area contributed by atoms with E-state index in [1.54, 1.807) is 23.1 Å². The number of nitrogens with one attached hydrogen (secondary N) is 1. The summed E-state index contributed by atoms with van der Waals surface area (Å²) < 4.78 is 16.8. The van der Waals surface area contributed by atoms with Crippen molar-refractivity contribution in [2.75, 3.05) is 38.2 Å². The number of benzene rings is 2. The number of ether oxygens (including phenoxy) is 3. The third kappa shape index (κ3) is 7.96. The van der Waals surface area contributed by atoms with Gasteiger partial charge >= 0.3 is 0 Å². The van der Waals surface area contributed by atoms with Gasteiger partial charge in [-0.3, -0.25) is 9.59 Å². The van der Waals surface area contributed by atoms with Gasteiger partial charge < -0.3 is 24.4 Å². The zero-order valence-corrected chi connectivity index (χ0v) is 19.6. The van der Waals surface area contributed by atoms with E-state index in [0.29, 0.717) is 67.1 Å². The minimum absolute atomic E-state index is 0.0838. The molecular formula is C24H31ClN2O5. The van der Waals surface area contributed by atoms with Gasteiger partial charge in [0.1, 0.15) is 5.75 Å². The van der Waals surface area contributed by atoms with Crippen molar-refractivity contribution in [3.8, 4) is 17.2 Å². The van der Waals surface area contributed by atoms with Crippen molar-refractivity contribution in [2.24, 2.45) is 0 Å². The van der Waals surface area contributed by atoms with E-state index in [1.807, 2.05) is 45.0 Å². The molecular weight excluding hydrogens is 432 g/mol. The number of hydrogen-bond donors (Lipinski definition) is 1. The molecule has 0 spiro atoms. The fraction of sp³-hybridized carbons (Fsp3) is 0.417. The average Bonchev–Trinajstić information content (AvgIpc) is 2.78. The third-order valence-corrected chi connectivity index (χ3v) is 4.93. The van der Waals surface area contributed by atoms with Crippen LogP contribution >= 0.6 is 11.6 Å². The number of carbonyl (C=O) groups is 2. The number of para-hydroxylation sites is 2. The predicted molar refractivity (Wildman–Crippen MR) is 126 cm³/mol. The van der Waals surface area contributed by atoms with Crippen LogP contribution in [-0.2, 0) is 9.59 Å². The molecule has 0 fully saturated rings. The van der Waals surface area contributed by atoms with Crippen LogP contribution in [-0.4, -0.2) is 49.6 Å². The van der Waals surface area contributed by atoms with Crippen LogP contribution in [0.1, 0.15) is 33.6 Å². The number of hydrogen-bond acceptors (Lipinski definition) is 5. The zero-order valence-electron chi connectivity index (χ0n) is 18.9. The first kappa shape index (κ1) is 25.3. The van der Waals surface area contributed by atoms with Crippen LogP contribution in [0.4, 0.5) is 5.69 Å². The van der Waals surface area contributed by atoms with Gasteiger partial charge in [0, 0.05) is 25.2 Å². The minimum atomic E-state index is -0.145. The summed E-state index contributed by atoms with van der Waals surface area (Å²) in [5.41, 5.74) is 0.560. The van der Waals surface area contributed by atoms with Crippen molar-refractivity contribution in [1.29, 1.82) is 0 Å². The van der Waals surface area contributed by atoms with Crippen LogP contribution in [0.25, 0.3) is 0 Å². The fourth-order valence-corrected chi connectivity index (χ4v) is 3.22. The molecule has 32 heavy (non-hydrogen) atoms. The second-order valence-electron chi connectivity index (χ2n) is 6.88. The molecule has 0 atom stereocenters. The summed E-state index contributed by atoms with van der Waals surface area (Å²) in [7, 11) is 0. The van der Waals surface area contributed by atoms with Crippen LogP contribution in [0.15, 0.2) is 42.5 Å². The molecule has 8 heteroatoms. The largest absolute Gasteiger partial charge is 0.490 e. The van der Waals surface area contributed by atoms with E-state index < -0.39 is 0 Å². The minimum Gasteiger partial charge on any atom is -0.490 e. The highest BCUT2D eigenvalue weighted by molar-refractivity contribution is 6.32. The van der Waals surface area contributed by atoms with E-state index in [4.69, 9.17) is 25.8 Å². The molecule has 0 aliphatic carbocycles. The maximum absolute atomic E-state index is 12.2. The highest BCUT2D eigenvalue weighted by Gasteiger charge is 2.12. The zero-order chi connectivity index (χ0) is 23.3. The van der Waals surface area contributed by atoms with E-state index in [-0.39, 0.29) is 18.4 Å². The van der Waals surface area contributed by atoms with Gasteiger partial charge in [-0.1, -0.05) is 23.7 Å².